The first-order valence-corrected chi connectivity index (χ1v) is 7.14. The first kappa shape index (κ1) is 16.7. The summed E-state index contributed by atoms with van der Waals surface area (Å²) in [6.07, 6.45) is -0.991. The van der Waals surface area contributed by atoms with Crippen LogP contribution in [0.3, 0.4) is 0 Å². The van der Waals surface area contributed by atoms with E-state index in [9.17, 15) is 19.2 Å². The van der Waals surface area contributed by atoms with Crippen LogP contribution in [0.25, 0.3) is 0 Å². The summed E-state index contributed by atoms with van der Waals surface area (Å²) in [5.74, 6) is -2.27. The number of imide groups is 1. The normalized spacial score (nSPS) is 15.9. The fraction of sp³-hybridized carbons (Fsp3) is 0.375. The van der Waals surface area contributed by atoms with Crippen molar-refractivity contribution in [3.63, 3.8) is 0 Å². The van der Waals surface area contributed by atoms with Gasteiger partial charge in [0.1, 0.15) is 6.04 Å². The average Bonchev–Trinajstić information content (AvgIpc) is 2.77. The Balaban J connectivity index is 2.14. The summed E-state index contributed by atoms with van der Waals surface area (Å²) in [4.78, 5) is 50.7. The van der Waals surface area contributed by atoms with Gasteiger partial charge in [0.2, 0.25) is 0 Å². The third-order valence-corrected chi connectivity index (χ3v) is 3.64. The number of hydrogen-bond acceptors (Lipinski definition) is 5. The molecule has 0 saturated heterocycles. The highest BCUT2D eigenvalue weighted by atomic mass is 16.5. The summed E-state index contributed by atoms with van der Waals surface area (Å²) in [6, 6.07) is 5.25. The van der Waals surface area contributed by atoms with Crippen LogP contribution in [0, 0.1) is 0 Å². The van der Waals surface area contributed by atoms with Crippen molar-refractivity contribution in [2.24, 2.45) is 0 Å². The van der Waals surface area contributed by atoms with E-state index in [4.69, 9.17) is 4.74 Å². The molecule has 1 aromatic carbocycles. The Morgan fingerprint density at radius 1 is 1.04 bits per heavy atom. The molecule has 0 fully saturated rings. The van der Waals surface area contributed by atoms with Gasteiger partial charge in [-0.3, -0.25) is 19.3 Å². The molecule has 1 aromatic rings. The Kier molecular flexibility index (Phi) is 4.49. The highest BCUT2D eigenvalue weighted by molar-refractivity contribution is 6.22. The van der Waals surface area contributed by atoms with Gasteiger partial charge in [0, 0.05) is 14.1 Å². The minimum Gasteiger partial charge on any atom is -0.451 e. The molecule has 2 rings (SSSR count). The lowest BCUT2D eigenvalue weighted by Gasteiger charge is -2.23. The average molecular weight is 318 g/mol. The molecule has 1 aliphatic heterocycles. The Bertz CT molecular complexity index is 648. The number of fused-ring (bicyclic) bond motifs is 1. The minimum absolute atomic E-state index is 0.259. The molecule has 0 saturated carbocycles. The molecule has 7 nitrogen and oxygen atoms in total. The number of rotatable bonds is 4. The zero-order chi connectivity index (χ0) is 17.3. The molecular weight excluding hydrogens is 300 g/mol. The third-order valence-electron chi connectivity index (χ3n) is 3.64. The number of benzene rings is 1. The maximum Gasteiger partial charge on any atom is 0.329 e. The molecule has 0 unspecified atom stereocenters. The van der Waals surface area contributed by atoms with E-state index < -0.39 is 29.9 Å². The number of likely N-dealkylation sites (N-methyl/N-ethyl adjacent to an activating group) is 1. The predicted octanol–water partition coefficient (Wildman–Crippen LogP) is 0.691. The van der Waals surface area contributed by atoms with Crippen LogP contribution in [-0.2, 0) is 14.3 Å². The first-order valence-electron chi connectivity index (χ1n) is 7.14. The maximum absolute atomic E-state index is 12.3. The van der Waals surface area contributed by atoms with Gasteiger partial charge in [-0.05, 0) is 26.0 Å². The van der Waals surface area contributed by atoms with Crippen LogP contribution in [0.1, 0.15) is 34.6 Å². The second kappa shape index (κ2) is 6.20. The highest BCUT2D eigenvalue weighted by Gasteiger charge is 2.41. The number of carbonyl (C=O) groups is 4. The molecule has 0 spiro atoms. The molecule has 2 atom stereocenters. The van der Waals surface area contributed by atoms with Crippen molar-refractivity contribution in [2.75, 3.05) is 14.1 Å². The molecule has 0 N–H and O–H groups in total. The van der Waals surface area contributed by atoms with Gasteiger partial charge >= 0.3 is 5.97 Å². The van der Waals surface area contributed by atoms with Crippen molar-refractivity contribution in [2.45, 2.75) is 26.0 Å². The number of carbonyl (C=O) groups excluding carboxylic acids is 4. The minimum atomic E-state index is -1.11. The third kappa shape index (κ3) is 2.94. The van der Waals surface area contributed by atoms with E-state index in [0.29, 0.717) is 0 Å². The van der Waals surface area contributed by atoms with Crippen LogP contribution in [0.5, 0.6) is 0 Å². The van der Waals surface area contributed by atoms with E-state index >= 15 is 0 Å². The lowest BCUT2D eigenvalue weighted by molar-refractivity contribution is -0.160. The van der Waals surface area contributed by atoms with E-state index in [1.807, 2.05) is 0 Å². The van der Waals surface area contributed by atoms with Gasteiger partial charge in [-0.15, -0.1) is 0 Å². The zero-order valence-corrected chi connectivity index (χ0v) is 13.4. The summed E-state index contributed by atoms with van der Waals surface area (Å²) in [5.41, 5.74) is 0.518. The van der Waals surface area contributed by atoms with Gasteiger partial charge in [-0.25, -0.2) is 4.79 Å². The summed E-state index contributed by atoms with van der Waals surface area (Å²) in [7, 11) is 3.08. The number of esters is 1. The highest BCUT2D eigenvalue weighted by Crippen LogP contribution is 2.24. The van der Waals surface area contributed by atoms with Gasteiger partial charge in [-0.1, -0.05) is 12.1 Å². The molecule has 3 amide bonds. The Hall–Kier alpha value is -2.70. The van der Waals surface area contributed by atoms with Crippen LogP contribution in [0.2, 0.25) is 0 Å². The second-order valence-electron chi connectivity index (χ2n) is 5.51. The van der Waals surface area contributed by atoms with Gasteiger partial charge < -0.3 is 9.64 Å². The topological polar surface area (TPSA) is 84.0 Å². The van der Waals surface area contributed by atoms with Crippen molar-refractivity contribution >= 4 is 23.7 Å². The Morgan fingerprint density at radius 3 is 1.96 bits per heavy atom. The summed E-state index contributed by atoms with van der Waals surface area (Å²) < 4.78 is 5.07. The summed E-state index contributed by atoms with van der Waals surface area (Å²) >= 11 is 0. The number of ether oxygens (including phenoxy) is 1. The predicted molar refractivity (Wildman–Crippen MR) is 80.7 cm³/mol. The molecule has 122 valence electrons. The van der Waals surface area contributed by atoms with E-state index in [1.165, 1.54) is 30.9 Å². The second-order valence-corrected chi connectivity index (χ2v) is 5.51. The van der Waals surface area contributed by atoms with Crippen molar-refractivity contribution < 1.29 is 23.9 Å². The van der Waals surface area contributed by atoms with E-state index in [0.717, 1.165) is 4.90 Å². The fourth-order valence-electron chi connectivity index (χ4n) is 2.35. The molecule has 0 aromatic heterocycles. The van der Waals surface area contributed by atoms with Crippen LogP contribution in [-0.4, -0.2) is 59.7 Å². The van der Waals surface area contributed by atoms with Gasteiger partial charge in [0.05, 0.1) is 11.1 Å². The van der Waals surface area contributed by atoms with Crippen molar-refractivity contribution in [3.8, 4) is 0 Å². The summed E-state index contributed by atoms with van der Waals surface area (Å²) in [6.45, 7) is 2.84. The molecule has 23 heavy (non-hydrogen) atoms. The van der Waals surface area contributed by atoms with Crippen LogP contribution < -0.4 is 0 Å². The van der Waals surface area contributed by atoms with Gasteiger partial charge in [0.15, 0.2) is 6.10 Å². The maximum atomic E-state index is 12.3. The SMILES string of the molecule is C[C@H](C(=O)O[C@H](C)C(=O)N(C)C)N1C(=O)c2ccccc2C1=O. The quantitative estimate of drug-likeness (QED) is 0.602. The fourth-order valence-corrected chi connectivity index (χ4v) is 2.35. The first-order chi connectivity index (χ1) is 10.8. The van der Waals surface area contributed by atoms with Gasteiger partial charge in [-0.2, -0.15) is 0 Å². The lowest BCUT2D eigenvalue weighted by Crippen LogP contribution is -2.46. The van der Waals surface area contributed by atoms with E-state index in [2.05, 4.69) is 0 Å². The lowest BCUT2D eigenvalue weighted by atomic mass is 10.1. The largest absolute Gasteiger partial charge is 0.451 e. The van der Waals surface area contributed by atoms with Crippen LogP contribution in [0.15, 0.2) is 24.3 Å². The Labute approximate surface area is 133 Å². The molecule has 1 aliphatic rings. The Morgan fingerprint density at radius 2 is 1.52 bits per heavy atom. The smallest absolute Gasteiger partial charge is 0.329 e. The van der Waals surface area contributed by atoms with Crippen molar-refractivity contribution in [1.82, 2.24) is 9.80 Å². The van der Waals surface area contributed by atoms with Crippen molar-refractivity contribution in [3.05, 3.63) is 35.4 Å². The number of amides is 3. The molecular formula is C16H18N2O5. The zero-order valence-electron chi connectivity index (χ0n) is 13.4. The molecule has 0 radical (unpaired) electrons. The standard InChI is InChI=1S/C16H18N2O5/c1-9(16(22)23-10(2)13(19)17(3)4)18-14(20)11-7-5-6-8-12(11)15(18)21/h5-10H,1-4H3/t9-,10-/m1/s1. The van der Waals surface area contributed by atoms with Gasteiger partial charge in [0.25, 0.3) is 17.7 Å². The molecule has 0 bridgehead atoms. The summed E-state index contributed by atoms with van der Waals surface area (Å²) in [5, 5.41) is 0. The van der Waals surface area contributed by atoms with Crippen molar-refractivity contribution in [1.29, 1.82) is 0 Å². The molecule has 1 heterocycles. The van der Waals surface area contributed by atoms with E-state index in [-0.39, 0.29) is 17.0 Å². The molecule has 7 heteroatoms. The number of nitrogens with zero attached hydrogens (tertiary/aromatic N) is 2. The van der Waals surface area contributed by atoms with Crippen LogP contribution in [0.4, 0.5) is 0 Å². The van der Waals surface area contributed by atoms with Crippen LogP contribution >= 0.6 is 0 Å². The van der Waals surface area contributed by atoms with E-state index in [1.54, 1.807) is 26.2 Å². The molecule has 0 aliphatic carbocycles. The number of hydrogen-bond donors (Lipinski definition) is 0. The monoisotopic (exact) mass is 318 g/mol.